The van der Waals surface area contributed by atoms with Crippen molar-refractivity contribution in [3.8, 4) is 5.75 Å². The normalized spacial score (nSPS) is 16.3. The molecule has 5 aromatic rings. The van der Waals surface area contributed by atoms with E-state index < -0.39 is 6.10 Å². The third-order valence-electron chi connectivity index (χ3n) is 6.03. The van der Waals surface area contributed by atoms with E-state index in [-0.39, 0.29) is 6.61 Å². The molecule has 9 heteroatoms. The number of aromatic nitrogens is 4. The molecule has 8 nitrogen and oxygen atoms in total. The summed E-state index contributed by atoms with van der Waals surface area (Å²) < 4.78 is 9.28. The molecule has 2 aromatic carbocycles. The van der Waals surface area contributed by atoms with Crippen LogP contribution in [0.25, 0.3) is 26.1 Å². The Kier molecular flexibility index (Phi) is 4.94. The number of β-amino-alcohol motifs (C(OH)–C–C–N with tert-alkyl or cyclic N) is 1. The highest BCUT2D eigenvalue weighted by Crippen LogP contribution is 2.29. The highest BCUT2D eigenvalue weighted by atomic mass is 32.1. The third kappa shape index (κ3) is 3.48. The van der Waals surface area contributed by atoms with Crippen LogP contribution in [0.1, 0.15) is 0 Å². The van der Waals surface area contributed by atoms with Crippen LogP contribution in [-0.2, 0) is 0 Å². The average Bonchev–Trinajstić information content (AvgIpc) is 3.53. The molecule has 0 bridgehead atoms. The topological polar surface area (TPSA) is 81.9 Å². The lowest BCUT2D eigenvalue weighted by Gasteiger charge is -2.35. The summed E-state index contributed by atoms with van der Waals surface area (Å²) in [5.74, 6) is 1.70. The van der Waals surface area contributed by atoms with Crippen molar-refractivity contribution in [3.63, 3.8) is 0 Å². The number of aliphatic hydroxyl groups excluding tert-OH is 1. The Labute approximate surface area is 188 Å². The van der Waals surface area contributed by atoms with E-state index >= 15 is 0 Å². The van der Waals surface area contributed by atoms with Crippen molar-refractivity contribution in [2.75, 3.05) is 44.2 Å². The molecule has 0 amide bonds. The van der Waals surface area contributed by atoms with Gasteiger partial charge in [0.1, 0.15) is 18.5 Å². The van der Waals surface area contributed by atoms with Crippen LogP contribution in [0.2, 0.25) is 0 Å². The molecule has 1 saturated heterocycles. The monoisotopic (exact) mass is 448 g/mol. The van der Waals surface area contributed by atoms with Gasteiger partial charge in [0.2, 0.25) is 10.9 Å². The second kappa shape index (κ2) is 8.09. The molecule has 1 aliphatic rings. The molecule has 0 spiro atoms. The van der Waals surface area contributed by atoms with Crippen LogP contribution < -0.4 is 9.64 Å². The zero-order valence-electron chi connectivity index (χ0n) is 17.5. The van der Waals surface area contributed by atoms with Gasteiger partial charge in [-0.25, -0.2) is 0 Å². The molecule has 0 aliphatic carbocycles. The molecule has 1 fully saturated rings. The van der Waals surface area contributed by atoms with Gasteiger partial charge in [0, 0.05) is 49.8 Å². The lowest BCUT2D eigenvalue weighted by atomic mass is 10.2. The van der Waals surface area contributed by atoms with Gasteiger partial charge >= 0.3 is 0 Å². The van der Waals surface area contributed by atoms with E-state index in [0.29, 0.717) is 6.54 Å². The van der Waals surface area contributed by atoms with Crippen LogP contribution >= 0.6 is 11.3 Å². The fourth-order valence-corrected chi connectivity index (χ4v) is 5.38. The number of benzene rings is 2. The number of H-pyrrole nitrogens is 1. The van der Waals surface area contributed by atoms with Gasteiger partial charge in [-0.2, -0.15) is 0 Å². The zero-order valence-corrected chi connectivity index (χ0v) is 18.3. The third-order valence-corrected chi connectivity index (χ3v) is 7.05. The van der Waals surface area contributed by atoms with Gasteiger partial charge in [-0.15, -0.1) is 10.2 Å². The number of thiazole rings is 1. The summed E-state index contributed by atoms with van der Waals surface area (Å²) in [5, 5.41) is 20.4. The second-order valence-electron chi connectivity index (χ2n) is 8.14. The van der Waals surface area contributed by atoms with Crippen molar-refractivity contribution in [1.29, 1.82) is 0 Å². The first-order chi connectivity index (χ1) is 15.8. The predicted molar refractivity (Wildman–Crippen MR) is 127 cm³/mol. The molecule has 4 heterocycles. The van der Waals surface area contributed by atoms with Gasteiger partial charge in [-0.3, -0.25) is 9.30 Å². The maximum atomic E-state index is 10.6. The van der Waals surface area contributed by atoms with E-state index in [1.807, 2.05) is 30.5 Å². The molecule has 1 aliphatic heterocycles. The Bertz CT molecular complexity index is 1370. The summed E-state index contributed by atoms with van der Waals surface area (Å²) in [5.41, 5.74) is 2.19. The van der Waals surface area contributed by atoms with E-state index in [1.165, 1.54) is 4.70 Å². The maximum absolute atomic E-state index is 10.6. The van der Waals surface area contributed by atoms with E-state index in [4.69, 9.17) is 4.74 Å². The van der Waals surface area contributed by atoms with Gasteiger partial charge < -0.3 is 19.7 Å². The van der Waals surface area contributed by atoms with Crippen LogP contribution in [0.3, 0.4) is 0 Å². The average molecular weight is 449 g/mol. The molecular weight excluding hydrogens is 424 g/mol. The summed E-state index contributed by atoms with van der Waals surface area (Å²) >= 11 is 1.66. The predicted octanol–water partition coefficient (Wildman–Crippen LogP) is 2.99. The van der Waals surface area contributed by atoms with Gasteiger partial charge in [-0.1, -0.05) is 29.5 Å². The van der Waals surface area contributed by atoms with Crippen molar-refractivity contribution in [1.82, 2.24) is 24.5 Å². The van der Waals surface area contributed by atoms with Gasteiger partial charge in [0.05, 0.1) is 10.2 Å². The number of fused-ring (bicyclic) bond motifs is 4. The molecule has 164 valence electrons. The zero-order chi connectivity index (χ0) is 21.5. The van der Waals surface area contributed by atoms with Gasteiger partial charge in [-0.05, 0) is 30.3 Å². The van der Waals surface area contributed by atoms with E-state index in [9.17, 15) is 5.11 Å². The van der Waals surface area contributed by atoms with E-state index in [1.54, 1.807) is 11.3 Å². The number of aliphatic hydroxyl groups is 1. The minimum absolute atomic E-state index is 0.274. The first-order valence-electron chi connectivity index (χ1n) is 10.8. The van der Waals surface area contributed by atoms with Crippen LogP contribution in [0.4, 0.5) is 5.95 Å². The minimum atomic E-state index is -0.545. The van der Waals surface area contributed by atoms with Crippen molar-refractivity contribution < 1.29 is 9.84 Å². The van der Waals surface area contributed by atoms with E-state index in [2.05, 4.69) is 53.6 Å². The molecule has 6 rings (SSSR count). The molecule has 0 unspecified atom stereocenters. The number of para-hydroxylation sites is 1. The Balaban J connectivity index is 1.07. The summed E-state index contributed by atoms with van der Waals surface area (Å²) in [6.45, 7) is 4.29. The van der Waals surface area contributed by atoms with Crippen molar-refractivity contribution in [2.24, 2.45) is 0 Å². The molecule has 32 heavy (non-hydrogen) atoms. The van der Waals surface area contributed by atoms with Crippen molar-refractivity contribution in [3.05, 3.63) is 54.7 Å². The lowest BCUT2D eigenvalue weighted by molar-refractivity contribution is 0.0667. The fraction of sp³-hybridized carbons (Fsp3) is 0.304. The van der Waals surface area contributed by atoms with Crippen molar-refractivity contribution in [2.45, 2.75) is 6.10 Å². The summed E-state index contributed by atoms with van der Waals surface area (Å²) in [6.07, 6.45) is 1.35. The smallest absolute Gasteiger partial charge is 0.232 e. The molecule has 3 aromatic heterocycles. The lowest BCUT2D eigenvalue weighted by Crippen LogP contribution is -2.49. The fourth-order valence-electron chi connectivity index (χ4n) is 4.42. The second-order valence-corrected chi connectivity index (χ2v) is 9.14. The number of piperazine rings is 1. The Hall–Kier alpha value is -3.14. The quantitative estimate of drug-likeness (QED) is 0.416. The van der Waals surface area contributed by atoms with Gasteiger partial charge in [0.15, 0.2) is 0 Å². The van der Waals surface area contributed by atoms with Gasteiger partial charge in [0.25, 0.3) is 0 Å². The number of aromatic amines is 1. The largest absolute Gasteiger partial charge is 0.490 e. The number of anilines is 1. The molecule has 2 N–H and O–H groups in total. The van der Waals surface area contributed by atoms with Crippen molar-refractivity contribution >= 4 is 43.4 Å². The Morgan fingerprint density at radius 3 is 2.81 bits per heavy atom. The number of nitrogens with one attached hydrogen (secondary N) is 1. The van der Waals surface area contributed by atoms with E-state index in [0.717, 1.165) is 59.3 Å². The molecular formula is C23H24N6O2S. The standard InChI is InChI=1S/C23H24N6O2S/c30-16(15-31-20-6-3-4-18-17(20)8-9-24-18)14-27-10-12-28(13-11-27)22-25-26-23-29(22)19-5-1-2-7-21(19)32-23/h1-9,16,24,30H,10-15H2/t16-/m0/s1. The summed E-state index contributed by atoms with van der Waals surface area (Å²) in [4.78, 5) is 8.67. The molecule has 0 saturated carbocycles. The van der Waals surface area contributed by atoms with Crippen LogP contribution in [-0.4, -0.2) is 75.0 Å². The number of nitrogens with zero attached hydrogens (tertiary/aromatic N) is 5. The first kappa shape index (κ1) is 19.5. The number of ether oxygens (including phenoxy) is 1. The minimum Gasteiger partial charge on any atom is -0.490 e. The molecule has 0 radical (unpaired) electrons. The van der Waals surface area contributed by atoms with Crippen LogP contribution in [0, 0.1) is 0 Å². The number of hydrogen-bond donors (Lipinski definition) is 2. The van der Waals surface area contributed by atoms with Crippen LogP contribution in [0.15, 0.2) is 54.7 Å². The van der Waals surface area contributed by atoms with Crippen LogP contribution in [0.5, 0.6) is 5.75 Å². The number of rotatable bonds is 6. The summed E-state index contributed by atoms with van der Waals surface area (Å²) in [7, 11) is 0. The highest BCUT2D eigenvalue weighted by molar-refractivity contribution is 7.23. The Morgan fingerprint density at radius 1 is 1.03 bits per heavy atom. The highest BCUT2D eigenvalue weighted by Gasteiger charge is 2.24. The number of hydrogen-bond acceptors (Lipinski definition) is 7. The first-order valence-corrected chi connectivity index (χ1v) is 11.6. The molecule has 1 atom stereocenters. The Morgan fingerprint density at radius 2 is 1.91 bits per heavy atom. The maximum Gasteiger partial charge on any atom is 0.232 e. The SMILES string of the molecule is O[C@H](COc1cccc2[nH]ccc12)CN1CCN(c2nnc3sc4ccccc4n23)CC1. The summed E-state index contributed by atoms with van der Waals surface area (Å²) in [6, 6.07) is 16.2.